The van der Waals surface area contributed by atoms with Crippen LogP contribution in [0, 0.1) is 11.3 Å². The summed E-state index contributed by atoms with van der Waals surface area (Å²) in [5.41, 5.74) is 5.93. The van der Waals surface area contributed by atoms with E-state index in [0.29, 0.717) is 35.7 Å². The van der Waals surface area contributed by atoms with Gasteiger partial charge in [-0.05, 0) is 43.4 Å². The predicted octanol–water partition coefficient (Wildman–Crippen LogP) is 1.80. The van der Waals surface area contributed by atoms with Gasteiger partial charge in [0.1, 0.15) is 6.29 Å². The molecule has 0 amide bonds. The van der Waals surface area contributed by atoms with Crippen molar-refractivity contribution in [3.05, 3.63) is 23.8 Å². The Morgan fingerprint density at radius 1 is 1.38 bits per heavy atom. The molecular formula is C17H23N3O4. The summed E-state index contributed by atoms with van der Waals surface area (Å²) in [5, 5.41) is 7.41. The molecule has 1 heterocycles. The van der Waals surface area contributed by atoms with Crippen molar-refractivity contribution in [2.75, 3.05) is 20.2 Å². The van der Waals surface area contributed by atoms with Crippen LogP contribution in [-0.2, 0) is 4.79 Å². The number of ether oxygens (including phenoxy) is 2. The molecule has 0 bridgehead atoms. The van der Waals surface area contributed by atoms with Gasteiger partial charge in [-0.3, -0.25) is 15.0 Å². The van der Waals surface area contributed by atoms with Crippen LogP contribution in [0.15, 0.2) is 18.2 Å². The van der Waals surface area contributed by atoms with Crippen molar-refractivity contribution in [2.24, 2.45) is 11.7 Å². The Morgan fingerprint density at radius 3 is 2.67 bits per heavy atom. The molecule has 0 aromatic heterocycles. The molecule has 7 nitrogen and oxygen atoms in total. The largest absolute Gasteiger partial charge is 0.493 e. The summed E-state index contributed by atoms with van der Waals surface area (Å²) in [6.07, 6.45) is 3.62. The number of hydrogen-bond acceptors (Lipinski definition) is 5. The Morgan fingerprint density at radius 2 is 2.08 bits per heavy atom. The number of nitrogens with two attached hydrogens (primary N) is 1. The number of hydrogen-bond donors (Lipinski definition) is 2. The van der Waals surface area contributed by atoms with Crippen LogP contribution in [0.4, 0.5) is 0 Å². The number of piperidine rings is 1. The molecule has 1 saturated heterocycles. The number of esters is 1. The van der Waals surface area contributed by atoms with Gasteiger partial charge in [-0.1, -0.05) is 0 Å². The van der Waals surface area contributed by atoms with E-state index in [2.05, 4.69) is 0 Å². The number of carbonyl (C=O) groups is 2. The van der Waals surface area contributed by atoms with Gasteiger partial charge in [0.05, 0.1) is 7.11 Å². The molecule has 0 radical (unpaired) electrons. The molecule has 2 rings (SSSR count). The standard InChI is InChI=1S/C17H23N3O4/c1-23-15-10-13(11-21)2-4-14(15)24-16(22)5-3-12-6-8-20(9-7-12)17(18)19/h2,4,10-12H,3,5-9H2,1H3,(H3,18,19). The van der Waals surface area contributed by atoms with Gasteiger partial charge < -0.3 is 20.1 Å². The number of nitrogens with one attached hydrogen (secondary N) is 1. The van der Waals surface area contributed by atoms with Crippen molar-refractivity contribution in [3.63, 3.8) is 0 Å². The van der Waals surface area contributed by atoms with Crippen LogP contribution in [0.5, 0.6) is 11.5 Å². The van der Waals surface area contributed by atoms with E-state index in [-0.39, 0.29) is 11.9 Å². The quantitative estimate of drug-likeness (QED) is 0.270. The summed E-state index contributed by atoms with van der Waals surface area (Å²) in [7, 11) is 1.46. The van der Waals surface area contributed by atoms with Gasteiger partial charge in [0, 0.05) is 25.1 Å². The lowest BCUT2D eigenvalue weighted by molar-refractivity contribution is -0.134. The first-order valence-corrected chi connectivity index (χ1v) is 7.96. The van der Waals surface area contributed by atoms with Gasteiger partial charge >= 0.3 is 5.97 Å². The van der Waals surface area contributed by atoms with Gasteiger partial charge in [-0.2, -0.15) is 0 Å². The van der Waals surface area contributed by atoms with Crippen molar-refractivity contribution in [3.8, 4) is 11.5 Å². The minimum absolute atomic E-state index is 0.110. The first-order chi connectivity index (χ1) is 11.5. The molecule has 0 unspecified atom stereocenters. The number of carbonyl (C=O) groups excluding carboxylic acids is 2. The van der Waals surface area contributed by atoms with Gasteiger partial charge in [0.2, 0.25) is 0 Å². The van der Waals surface area contributed by atoms with E-state index < -0.39 is 0 Å². The maximum absolute atomic E-state index is 12.0. The third-order valence-corrected chi connectivity index (χ3v) is 4.26. The number of likely N-dealkylation sites (tertiary alicyclic amines) is 1. The van der Waals surface area contributed by atoms with E-state index in [1.165, 1.54) is 13.2 Å². The zero-order valence-electron chi connectivity index (χ0n) is 13.8. The Bertz CT molecular complexity index is 610. The van der Waals surface area contributed by atoms with Crippen LogP contribution >= 0.6 is 0 Å². The number of aldehydes is 1. The normalized spacial score (nSPS) is 15.0. The highest BCUT2D eigenvalue weighted by Crippen LogP contribution is 2.28. The molecule has 1 aliphatic rings. The topological polar surface area (TPSA) is 106 Å². The molecule has 7 heteroatoms. The average Bonchev–Trinajstić information content (AvgIpc) is 2.60. The number of benzene rings is 1. The Balaban J connectivity index is 1.82. The average molecular weight is 333 g/mol. The monoisotopic (exact) mass is 333 g/mol. The molecule has 1 aromatic carbocycles. The molecule has 0 aliphatic carbocycles. The molecule has 0 atom stereocenters. The summed E-state index contributed by atoms with van der Waals surface area (Å²) >= 11 is 0. The molecule has 3 N–H and O–H groups in total. The Kier molecular flexibility index (Phi) is 6.17. The van der Waals surface area contributed by atoms with Gasteiger partial charge in [-0.25, -0.2) is 0 Å². The van der Waals surface area contributed by atoms with Gasteiger partial charge in [0.15, 0.2) is 17.5 Å². The maximum Gasteiger partial charge on any atom is 0.311 e. The first kappa shape index (κ1) is 17.8. The lowest BCUT2D eigenvalue weighted by Gasteiger charge is -2.31. The van der Waals surface area contributed by atoms with Gasteiger partial charge in [-0.15, -0.1) is 0 Å². The number of nitrogens with zero attached hydrogens (tertiary/aromatic N) is 1. The van der Waals surface area contributed by atoms with Crippen molar-refractivity contribution in [1.29, 1.82) is 5.41 Å². The van der Waals surface area contributed by atoms with Crippen LogP contribution in [0.3, 0.4) is 0 Å². The minimum Gasteiger partial charge on any atom is -0.493 e. The van der Waals surface area contributed by atoms with Crippen molar-refractivity contribution < 1.29 is 19.1 Å². The summed E-state index contributed by atoms with van der Waals surface area (Å²) in [6, 6.07) is 4.68. The fourth-order valence-electron chi connectivity index (χ4n) is 2.80. The highest BCUT2D eigenvalue weighted by atomic mass is 16.6. The molecular weight excluding hydrogens is 310 g/mol. The lowest BCUT2D eigenvalue weighted by Crippen LogP contribution is -2.42. The Hall–Kier alpha value is -2.57. The number of methoxy groups -OCH3 is 1. The second-order valence-corrected chi connectivity index (χ2v) is 5.86. The van der Waals surface area contributed by atoms with E-state index in [9.17, 15) is 9.59 Å². The van der Waals surface area contributed by atoms with E-state index in [1.54, 1.807) is 12.1 Å². The Labute approximate surface area is 141 Å². The molecule has 130 valence electrons. The summed E-state index contributed by atoms with van der Waals surface area (Å²) in [4.78, 5) is 24.6. The first-order valence-electron chi connectivity index (χ1n) is 7.96. The van der Waals surface area contributed by atoms with Crippen molar-refractivity contribution in [1.82, 2.24) is 4.90 Å². The van der Waals surface area contributed by atoms with Crippen LogP contribution in [0.1, 0.15) is 36.0 Å². The van der Waals surface area contributed by atoms with Crippen molar-refractivity contribution >= 4 is 18.2 Å². The smallest absolute Gasteiger partial charge is 0.311 e. The van der Waals surface area contributed by atoms with E-state index in [1.807, 2.05) is 4.90 Å². The third-order valence-electron chi connectivity index (χ3n) is 4.26. The zero-order chi connectivity index (χ0) is 17.5. The molecule has 1 aliphatic heterocycles. The summed E-state index contributed by atoms with van der Waals surface area (Å²) in [6.45, 7) is 1.52. The maximum atomic E-state index is 12.0. The molecule has 1 aromatic rings. The summed E-state index contributed by atoms with van der Waals surface area (Å²) in [5.74, 6) is 0.912. The second-order valence-electron chi connectivity index (χ2n) is 5.86. The third kappa shape index (κ3) is 4.71. The lowest BCUT2D eigenvalue weighted by atomic mass is 9.92. The molecule has 0 spiro atoms. The van der Waals surface area contributed by atoms with Crippen LogP contribution < -0.4 is 15.2 Å². The number of guanidine groups is 1. The second kappa shape index (κ2) is 8.33. The molecule has 0 saturated carbocycles. The van der Waals surface area contributed by atoms with Gasteiger partial charge in [0.25, 0.3) is 0 Å². The van der Waals surface area contributed by atoms with E-state index >= 15 is 0 Å². The minimum atomic E-state index is -0.318. The highest BCUT2D eigenvalue weighted by Gasteiger charge is 2.21. The van der Waals surface area contributed by atoms with E-state index in [4.69, 9.17) is 20.6 Å². The SMILES string of the molecule is COc1cc(C=O)ccc1OC(=O)CCC1CCN(C(=N)N)CC1. The fraction of sp³-hybridized carbons (Fsp3) is 0.471. The molecule has 24 heavy (non-hydrogen) atoms. The predicted molar refractivity (Wildman–Crippen MR) is 89.5 cm³/mol. The highest BCUT2D eigenvalue weighted by molar-refractivity contribution is 5.78. The van der Waals surface area contributed by atoms with Crippen LogP contribution in [0.2, 0.25) is 0 Å². The molecule has 1 fully saturated rings. The van der Waals surface area contributed by atoms with Crippen LogP contribution in [-0.4, -0.2) is 43.3 Å². The fourth-order valence-corrected chi connectivity index (χ4v) is 2.80. The van der Waals surface area contributed by atoms with Crippen LogP contribution in [0.25, 0.3) is 0 Å². The summed E-state index contributed by atoms with van der Waals surface area (Å²) < 4.78 is 10.5. The number of rotatable bonds is 6. The van der Waals surface area contributed by atoms with E-state index in [0.717, 1.165) is 32.4 Å². The zero-order valence-corrected chi connectivity index (χ0v) is 13.8. The van der Waals surface area contributed by atoms with Crippen molar-refractivity contribution in [2.45, 2.75) is 25.7 Å².